The zero-order valence-corrected chi connectivity index (χ0v) is 10.5. The highest BCUT2D eigenvalue weighted by molar-refractivity contribution is 5.38. The van der Waals surface area contributed by atoms with Crippen LogP contribution in [0.3, 0.4) is 0 Å². The van der Waals surface area contributed by atoms with Crippen LogP contribution in [0.1, 0.15) is 38.7 Å². The third kappa shape index (κ3) is 2.75. The SMILES string of the molecule is Cc1ccnc(NC2CCC(C)CC2C)c1. The molecule has 0 amide bonds. The zero-order chi connectivity index (χ0) is 11.5. The first kappa shape index (κ1) is 11.4. The summed E-state index contributed by atoms with van der Waals surface area (Å²) in [7, 11) is 0. The molecule has 1 aliphatic carbocycles. The van der Waals surface area contributed by atoms with Gasteiger partial charge in [-0.25, -0.2) is 4.98 Å². The van der Waals surface area contributed by atoms with Gasteiger partial charge in [0.2, 0.25) is 0 Å². The van der Waals surface area contributed by atoms with E-state index in [1.807, 2.05) is 12.3 Å². The maximum absolute atomic E-state index is 4.38. The Kier molecular flexibility index (Phi) is 3.47. The molecule has 2 nitrogen and oxygen atoms in total. The fraction of sp³-hybridized carbons (Fsp3) is 0.643. The van der Waals surface area contributed by atoms with Crippen LogP contribution < -0.4 is 5.32 Å². The second-order valence-electron chi connectivity index (χ2n) is 5.36. The lowest BCUT2D eigenvalue weighted by atomic mass is 9.80. The number of nitrogens with zero attached hydrogens (tertiary/aromatic N) is 1. The van der Waals surface area contributed by atoms with Gasteiger partial charge in [-0.15, -0.1) is 0 Å². The molecule has 1 N–H and O–H groups in total. The Balaban J connectivity index is 1.99. The molecular weight excluding hydrogens is 196 g/mol. The molecule has 3 atom stereocenters. The lowest BCUT2D eigenvalue weighted by molar-refractivity contribution is 0.276. The fourth-order valence-corrected chi connectivity index (χ4v) is 2.68. The highest BCUT2D eigenvalue weighted by atomic mass is 15.0. The third-order valence-corrected chi connectivity index (χ3v) is 3.68. The van der Waals surface area contributed by atoms with E-state index in [1.165, 1.54) is 24.8 Å². The quantitative estimate of drug-likeness (QED) is 0.820. The molecule has 1 aromatic heterocycles. The number of nitrogens with one attached hydrogen (secondary N) is 1. The average molecular weight is 218 g/mol. The van der Waals surface area contributed by atoms with E-state index >= 15 is 0 Å². The van der Waals surface area contributed by atoms with Crippen molar-refractivity contribution in [1.82, 2.24) is 4.98 Å². The Bertz CT molecular complexity index is 348. The molecule has 0 radical (unpaired) electrons. The van der Waals surface area contributed by atoms with Gasteiger partial charge in [0.1, 0.15) is 5.82 Å². The van der Waals surface area contributed by atoms with Crippen LogP contribution in [0.5, 0.6) is 0 Å². The molecule has 1 fully saturated rings. The van der Waals surface area contributed by atoms with Crippen molar-refractivity contribution in [3.63, 3.8) is 0 Å². The summed E-state index contributed by atoms with van der Waals surface area (Å²) in [5, 5.41) is 3.58. The largest absolute Gasteiger partial charge is 0.367 e. The molecule has 0 spiro atoms. The van der Waals surface area contributed by atoms with Crippen LogP contribution in [0.2, 0.25) is 0 Å². The number of hydrogen-bond acceptors (Lipinski definition) is 2. The summed E-state index contributed by atoms with van der Waals surface area (Å²) in [5.41, 5.74) is 1.27. The Hall–Kier alpha value is -1.05. The van der Waals surface area contributed by atoms with Crippen LogP contribution in [-0.2, 0) is 0 Å². The lowest BCUT2D eigenvalue weighted by Crippen LogP contribution is -2.33. The van der Waals surface area contributed by atoms with Gasteiger partial charge in [-0.2, -0.15) is 0 Å². The molecular formula is C14H22N2. The fourth-order valence-electron chi connectivity index (χ4n) is 2.68. The summed E-state index contributed by atoms with van der Waals surface area (Å²) in [6.45, 7) is 6.82. The predicted molar refractivity (Wildman–Crippen MR) is 68.6 cm³/mol. The number of aromatic nitrogens is 1. The summed E-state index contributed by atoms with van der Waals surface area (Å²) in [5.74, 6) is 2.68. The van der Waals surface area contributed by atoms with Crippen molar-refractivity contribution in [2.75, 3.05) is 5.32 Å². The standard InChI is InChI=1S/C14H22N2/c1-10-4-5-13(12(3)8-10)16-14-9-11(2)6-7-15-14/h6-7,9-10,12-13H,4-5,8H2,1-3H3,(H,15,16). The maximum Gasteiger partial charge on any atom is 0.126 e. The summed E-state index contributed by atoms with van der Waals surface area (Å²) < 4.78 is 0. The van der Waals surface area contributed by atoms with Crippen molar-refractivity contribution in [2.45, 2.75) is 46.1 Å². The summed E-state index contributed by atoms with van der Waals surface area (Å²) in [6.07, 6.45) is 5.84. The molecule has 2 heteroatoms. The van der Waals surface area contributed by atoms with Crippen LogP contribution >= 0.6 is 0 Å². The number of anilines is 1. The van der Waals surface area contributed by atoms with E-state index < -0.39 is 0 Å². The number of rotatable bonds is 2. The molecule has 1 heterocycles. The minimum absolute atomic E-state index is 0.602. The van der Waals surface area contributed by atoms with E-state index in [2.05, 4.69) is 37.1 Å². The van der Waals surface area contributed by atoms with Crippen LogP contribution in [0.4, 0.5) is 5.82 Å². The van der Waals surface area contributed by atoms with Gasteiger partial charge in [-0.1, -0.05) is 13.8 Å². The smallest absolute Gasteiger partial charge is 0.126 e. The minimum Gasteiger partial charge on any atom is -0.367 e. The van der Waals surface area contributed by atoms with Crippen molar-refractivity contribution in [1.29, 1.82) is 0 Å². The van der Waals surface area contributed by atoms with Gasteiger partial charge in [-0.05, 0) is 55.7 Å². The zero-order valence-electron chi connectivity index (χ0n) is 10.5. The van der Waals surface area contributed by atoms with Crippen LogP contribution in [0, 0.1) is 18.8 Å². The number of pyridine rings is 1. The molecule has 1 aliphatic rings. The highest BCUT2D eigenvalue weighted by Crippen LogP contribution is 2.30. The summed E-state index contributed by atoms with van der Waals surface area (Å²) in [6, 6.07) is 4.77. The molecule has 0 aliphatic heterocycles. The van der Waals surface area contributed by atoms with E-state index in [-0.39, 0.29) is 0 Å². The maximum atomic E-state index is 4.38. The number of aryl methyl sites for hydroxylation is 1. The van der Waals surface area contributed by atoms with Gasteiger partial charge >= 0.3 is 0 Å². The van der Waals surface area contributed by atoms with E-state index in [4.69, 9.17) is 0 Å². The Labute approximate surface area is 98.5 Å². The summed E-state index contributed by atoms with van der Waals surface area (Å²) >= 11 is 0. The second kappa shape index (κ2) is 4.86. The van der Waals surface area contributed by atoms with Gasteiger partial charge in [0.25, 0.3) is 0 Å². The normalized spacial score (nSPS) is 30.1. The van der Waals surface area contributed by atoms with E-state index in [0.717, 1.165) is 17.7 Å². The van der Waals surface area contributed by atoms with E-state index in [0.29, 0.717) is 6.04 Å². The lowest BCUT2D eigenvalue weighted by Gasteiger charge is -2.33. The molecule has 1 saturated carbocycles. The Morgan fingerprint density at radius 2 is 2.12 bits per heavy atom. The molecule has 0 saturated heterocycles. The van der Waals surface area contributed by atoms with Gasteiger partial charge in [0.15, 0.2) is 0 Å². The van der Waals surface area contributed by atoms with Crippen molar-refractivity contribution >= 4 is 5.82 Å². The van der Waals surface area contributed by atoms with Crippen LogP contribution in [-0.4, -0.2) is 11.0 Å². The van der Waals surface area contributed by atoms with Crippen molar-refractivity contribution in [3.05, 3.63) is 23.9 Å². The molecule has 16 heavy (non-hydrogen) atoms. The second-order valence-corrected chi connectivity index (χ2v) is 5.36. The highest BCUT2D eigenvalue weighted by Gasteiger charge is 2.25. The molecule has 0 bridgehead atoms. The van der Waals surface area contributed by atoms with E-state index in [9.17, 15) is 0 Å². The molecule has 1 aromatic rings. The van der Waals surface area contributed by atoms with Crippen molar-refractivity contribution < 1.29 is 0 Å². The Morgan fingerprint density at radius 1 is 1.31 bits per heavy atom. The first-order valence-corrected chi connectivity index (χ1v) is 6.34. The van der Waals surface area contributed by atoms with Gasteiger partial charge < -0.3 is 5.32 Å². The third-order valence-electron chi connectivity index (χ3n) is 3.68. The number of hydrogen-bond donors (Lipinski definition) is 1. The first-order chi connectivity index (χ1) is 7.65. The molecule has 0 aromatic carbocycles. The molecule has 88 valence electrons. The van der Waals surface area contributed by atoms with Gasteiger partial charge in [0, 0.05) is 12.2 Å². The summed E-state index contributed by atoms with van der Waals surface area (Å²) in [4.78, 5) is 4.38. The topological polar surface area (TPSA) is 24.9 Å². The monoisotopic (exact) mass is 218 g/mol. The molecule has 2 rings (SSSR count). The van der Waals surface area contributed by atoms with Crippen molar-refractivity contribution in [3.8, 4) is 0 Å². The van der Waals surface area contributed by atoms with Gasteiger partial charge in [0.05, 0.1) is 0 Å². The van der Waals surface area contributed by atoms with Crippen LogP contribution in [0.25, 0.3) is 0 Å². The van der Waals surface area contributed by atoms with Crippen LogP contribution in [0.15, 0.2) is 18.3 Å². The average Bonchev–Trinajstić information content (AvgIpc) is 2.22. The van der Waals surface area contributed by atoms with Gasteiger partial charge in [-0.3, -0.25) is 0 Å². The first-order valence-electron chi connectivity index (χ1n) is 6.34. The minimum atomic E-state index is 0.602. The Morgan fingerprint density at radius 3 is 2.81 bits per heavy atom. The van der Waals surface area contributed by atoms with Crippen molar-refractivity contribution in [2.24, 2.45) is 11.8 Å². The van der Waals surface area contributed by atoms with E-state index in [1.54, 1.807) is 0 Å². The predicted octanol–water partition coefficient (Wildman–Crippen LogP) is 3.63. The molecule has 3 unspecified atom stereocenters.